The topological polar surface area (TPSA) is 42.0 Å². The number of rotatable bonds is 6. The maximum Gasteiger partial charge on any atom is 0.246 e. The lowest BCUT2D eigenvalue weighted by Crippen LogP contribution is -2.25. The minimum atomic E-state index is 0.00425. The van der Waals surface area contributed by atoms with Gasteiger partial charge in [-0.25, -0.2) is 0 Å². The van der Waals surface area contributed by atoms with Gasteiger partial charge in [0.25, 0.3) is 0 Å². The molecule has 0 saturated heterocycles. The summed E-state index contributed by atoms with van der Waals surface area (Å²) >= 11 is 1.63. The van der Waals surface area contributed by atoms with Gasteiger partial charge in [0.2, 0.25) is 5.91 Å². The Labute approximate surface area is 123 Å². The fourth-order valence-corrected chi connectivity index (χ4v) is 2.55. The third kappa shape index (κ3) is 4.63. The Balaban J connectivity index is 1.72. The summed E-state index contributed by atoms with van der Waals surface area (Å²) in [5, 5.41) is 4.95. The molecule has 0 fully saturated rings. The van der Waals surface area contributed by atoms with Crippen molar-refractivity contribution >= 4 is 23.3 Å². The minimum Gasteiger partial charge on any atom is -0.352 e. The molecule has 0 atom stereocenters. The number of aromatic nitrogens is 1. The predicted octanol–water partition coefficient (Wildman–Crippen LogP) is 3.30. The average Bonchev–Trinajstić information content (AvgIpc) is 2.97. The van der Waals surface area contributed by atoms with Crippen LogP contribution in [0.5, 0.6) is 0 Å². The van der Waals surface area contributed by atoms with Crippen LogP contribution in [-0.2, 0) is 11.2 Å². The molecule has 0 aliphatic heterocycles. The van der Waals surface area contributed by atoms with E-state index in [-0.39, 0.29) is 5.91 Å². The number of carbonyl (C=O) groups is 1. The van der Waals surface area contributed by atoms with Gasteiger partial charge < -0.3 is 5.32 Å². The van der Waals surface area contributed by atoms with E-state index in [9.17, 15) is 4.79 Å². The zero-order valence-electron chi connectivity index (χ0n) is 11.5. The summed E-state index contributed by atoms with van der Waals surface area (Å²) in [6, 6.07) is 7.97. The number of nitrogens with one attached hydrogen (secondary N) is 1. The lowest BCUT2D eigenvalue weighted by atomic mass is 10.1. The van der Waals surface area contributed by atoms with Crippen molar-refractivity contribution in [2.45, 2.75) is 19.8 Å². The first-order valence-electron chi connectivity index (χ1n) is 6.64. The number of pyridine rings is 1. The van der Waals surface area contributed by atoms with Crippen molar-refractivity contribution in [2.24, 2.45) is 0 Å². The number of carbonyl (C=O) groups excluding carboxylic acids is 1. The van der Waals surface area contributed by atoms with Crippen molar-refractivity contribution in [3.63, 3.8) is 0 Å². The first-order chi connectivity index (χ1) is 9.75. The number of hydrogen-bond acceptors (Lipinski definition) is 3. The maximum absolute atomic E-state index is 11.9. The molecular weight excluding hydrogens is 268 g/mol. The van der Waals surface area contributed by atoms with Gasteiger partial charge in [-0.2, -0.15) is 0 Å². The van der Waals surface area contributed by atoms with E-state index >= 15 is 0 Å². The van der Waals surface area contributed by atoms with Gasteiger partial charge >= 0.3 is 0 Å². The second kappa shape index (κ2) is 7.60. The molecule has 0 saturated carbocycles. The van der Waals surface area contributed by atoms with E-state index in [2.05, 4.69) is 16.4 Å². The SMILES string of the molecule is C/C(=C\c1cccs1)C(=O)NCCCc1cccnc1. The van der Waals surface area contributed by atoms with Crippen molar-refractivity contribution in [1.82, 2.24) is 10.3 Å². The van der Waals surface area contributed by atoms with Crippen LogP contribution in [0.4, 0.5) is 0 Å². The van der Waals surface area contributed by atoms with Crippen molar-refractivity contribution < 1.29 is 4.79 Å². The van der Waals surface area contributed by atoms with Gasteiger partial charge in [-0.3, -0.25) is 9.78 Å². The van der Waals surface area contributed by atoms with Crippen LogP contribution >= 0.6 is 11.3 Å². The Bertz CT molecular complexity index is 561. The molecule has 3 nitrogen and oxygen atoms in total. The first kappa shape index (κ1) is 14.5. The molecule has 104 valence electrons. The number of nitrogens with zero attached hydrogens (tertiary/aromatic N) is 1. The highest BCUT2D eigenvalue weighted by Gasteiger charge is 2.03. The van der Waals surface area contributed by atoms with Crippen molar-refractivity contribution in [2.75, 3.05) is 6.54 Å². The van der Waals surface area contributed by atoms with Crippen LogP contribution in [0.3, 0.4) is 0 Å². The Morgan fingerprint density at radius 2 is 2.30 bits per heavy atom. The van der Waals surface area contributed by atoms with Crippen LogP contribution in [0.1, 0.15) is 23.8 Å². The molecule has 2 rings (SSSR count). The summed E-state index contributed by atoms with van der Waals surface area (Å²) in [6.07, 6.45) is 7.40. The van der Waals surface area contributed by atoms with Gasteiger partial charge in [0.05, 0.1) is 0 Å². The van der Waals surface area contributed by atoms with Gasteiger partial charge in [-0.1, -0.05) is 12.1 Å². The van der Waals surface area contributed by atoms with Crippen molar-refractivity contribution in [3.05, 3.63) is 58.1 Å². The van der Waals surface area contributed by atoms with Gasteiger partial charge in [0, 0.05) is 29.4 Å². The molecule has 0 unspecified atom stereocenters. The van der Waals surface area contributed by atoms with E-state index in [0.29, 0.717) is 6.54 Å². The lowest BCUT2D eigenvalue weighted by molar-refractivity contribution is -0.117. The van der Waals surface area contributed by atoms with E-state index in [1.54, 1.807) is 17.5 Å². The van der Waals surface area contributed by atoms with Gasteiger partial charge in [-0.15, -0.1) is 11.3 Å². The molecule has 20 heavy (non-hydrogen) atoms. The number of amides is 1. The highest BCUT2D eigenvalue weighted by Crippen LogP contribution is 2.13. The fraction of sp³-hybridized carbons (Fsp3) is 0.250. The molecule has 0 aliphatic carbocycles. The first-order valence-corrected chi connectivity index (χ1v) is 7.52. The zero-order chi connectivity index (χ0) is 14.2. The smallest absolute Gasteiger partial charge is 0.246 e. The normalized spacial score (nSPS) is 11.3. The van der Waals surface area contributed by atoms with E-state index in [4.69, 9.17) is 0 Å². The molecule has 0 aromatic carbocycles. The summed E-state index contributed by atoms with van der Waals surface area (Å²) in [6.45, 7) is 2.53. The van der Waals surface area contributed by atoms with Gasteiger partial charge in [0.1, 0.15) is 0 Å². The summed E-state index contributed by atoms with van der Waals surface area (Å²) in [5.74, 6) is 0.00425. The molecule has 1 amide bonds. The molecule has 2 heterocycles. The molecule has 4 heteroatoms. The second-order valence-corrected chi connectivity index (χ2v) is 5.54. The standard InChI is InChI=1S/C16H18N2OS/c1-13(11-15-7-4-10-20-15)16(19)18-9-3-6-14-5-2-8-17-12-14/h2,4-5,7-8,10-12H,3,6,9H2,1H3,(H,18,19)/b13-11+. The lowest BCUT2D eigenvalue weighted by Gasteiger charge is -2.05. The third-order valence-corrected chi connectivity index (χ3v) is 3.73. The maximum atomic E-state index is 11.9. The van der Waals surface area contributed by atoms with Crippen LogP contribution in [0, 0.1) is 0 Å². The van der Waals surface area contributed by atoms with Crippen molar-refractivity contribution in [1.29, 1.82) is 0 Å². The Morgan fingerprint density at radius 1 is 1.40 bits per heavy atom. The molecule has 2 aromatic rings. The second-order valence-electron chi connectivity index (χ2n) is 4.56. The monoisotopic (exact) mass is 286 g/mol. The van der Waals surface area contributed by atoms with Gasteiger partial charge in [-0.05, 0) is 48.9 Å². The predicted molar refractivity (Wildman–Crippen MR) is 83.5 cm³/mol. The number of hydrogen-bond donors (Lipinski definition) is 1. The largest absolute Gasteiger partial charge is 0.352 e. The molecule has 1 N–H and O–H groups in total. The molecule has 0 aliphatic rings. The van der Waals surface area contributed by atoms with E-state index in [1.807, 2.05) is 42.8 Å². The van der Waals surface area contributed by atoms with Crippen LogP contribution < -0.4 is 5.32 Å². The summed E-state index contributed by atoms with van der Waals surface area (Å²) in [5.41, 5.74) is 1.95. The van der Waals surface area contributed by atoms with Crippen LogP contribution in [-0.4, -0.2) is 17.4 Å². The molecule has 2 aromatic heterocycles. The highest BCUT2D eigenvalue weighted by atomic mass is 32.1. The number of thiophene rings is 1. The number of aryl methyl sites for hydroxylation is 1. The van der Waals surface area contributed by atoms with Gasteiger partial charge in [0.15, 0.2) is 0 Å². The summed E-state index contributed by atoms with van der Waals surface area (Å²) < 4.78 is 0. The molecular formula is C16H18N2OS. The van der Waals surface area contributed by atoms with Crippen LogP contribution in [0.25, 0.3) is 6.08 Å². The Kier molecular flexibility index (Phi) is 5.50. The Hall–Kier alpha value is -1.94. The van der Waals surface area contributed by atoms with Crippen molar-refractivity contribution in [3.8, 4) is 0 Å². The van der Waals surface area contributed by atoms with Crippen LogP contribution in [0.15, 0.2) is 47.6 Å². The zero-order valence-corrected chi connectivity index (χ0v) is 12.3. The third-order valence-electron chi connectivity index (χ3n) is 2.91. The molecule has 0 radical (unpaired) electrons. The molecule has 0 spiro atoms. The minimum absolute atomic E-state index is 0.00425. The fourth-order valence-electron chi connectivity index (χ4n) is 1.83. The molecule has 0 bridgehead atoms. The average molecular weight is 286 g/mol. The van der Waals surface area contributed by atoms with Crippen LogP contribution in [0.2, 0.25) is 0 Å². The van der Waals surface area contributed by atoms with E-state index in [0.717, 1.165) is 23.3 Å². The van der Waals surface area contributed by atoms with E-state index < -0.39 is 0 Å². The van der Waals surface area contributed by atoms with E-state index in [1.165, 1.54) is 5.56 Å². The summed E-state index contributed by atoms with van der Waals surface area (Å²) in [4.78, 5) is 17.1. The summed E-state index contributed by atoms with van der Waals surface area (Å²) in [7, 11) is 0. The quantitative estimate of drug-likeness (QED) is 0.654. The Morgan fingerprint density at radius 3 is 3.00 bits per heavy atom. The highest BCUT2D eigenvalue weighted by molar-refractivity contribution is 7.10.